The highest BCUT2D eigenvalue weighted by Gasteiger charge is 2.40. The summed E-state index contributed by atoms with van der Waals surface area (Å²) in [7, 11) is 0. The Labute approximate surface area is 137 Å². The van der Waals surface area contributed by atoms with E-state index in [1.54, 1.807) is 0 Å². The molecule has 0 N–H and O–H groups in total. The van der Waals surface area contributed by atoms with Gasteiger partial charge in [-0.2, -0.15) is 0 Å². The van der Waals surface area contributed by atoms with E-state index >= 15 is 0 Å². The predicted molar refractivity (Wildman–Crippen MR) is 89.7 cm³/mol. The van der Waals surface area contributed by atoms with E-state index in [2.05, 4.69) is 26.0 Å². The Morgan fingerprint density at radius 3 is 2.70 bits per heavy atom. The molecule has 0 bridgehead atoms. The first-order valence-electron chi connectivity index (χ1n) is 8.46. The van der Waals surface area contributed by atoms with Crippen LogP contribution >= 0.6 is 0 Å². The van der Waals surface area contributed by atoms with Gasteiger partial charge in [-0.05, 0) is 43.4 Å². The van der Waals surface area contributed by atoms with Crippen LogP contribution in [0.15, 0.2) is 23.8 Å². The van der Waals surface area contributed by atoms with Gasteiger partial charge < -0.3 is 4.74 Å². The zero-order chi connectivity index (χ0) is 16.6. The smallest absolute Gasteiger partial charge is 0.173 e. The van der Waals surface area contributed by atoms with Gasteiger partial charge in [0, 0.05) is 24.5 Å². The number of hydrogen-bond donors (Lipinski definition) is 0. The lowest BCUT2D eigenvalue weighted by molar-refractivity contribution is -0.123. The fourth-order valence-corrected chi connectivity index (χ4v) is 3.88. The maximum Gasteiger partial charge on any atom is 0.173 e. The second kappa shape index (κ2) is 6.40. The third kappa shape index (κ3) is 3.02. The van der Waals surface area contributed by atoms with Gasteiger partial charge in [-0.3, -0.25) is 9.59 Å². The van der Waals surface area contributed by atoms with E-state index in [0.29, 0.717) is 12.2 Å². The Kier molecular flexibility index (Phi) is 4.49. The molecule has 0 aromatic heterocycles. The van der Waals surface area contributed by atoms with Crippen LogP contribution in [0.4, 0.5) is 0 Å². The summed E-state index contributed by atoms with van der Waals surface area (Å²) in [6, 6.07) is 4.18. The zero-order valence-corrected chi connectivity index (χ0v) is 14.1. The minimum atomic E-state index is -0.598. The monoisotopic (exact) mass is 312 g/mol. The van der Waals surface area contributed by atoms with Crippen LogP contribution < -0.4 is 0 Å². The number of hydrogen-bond acceptors (Lipinski definition) is 3. The number of ketones is 2. The summed E-state index contributed by atoms with van der Waals surface area (Å²) >= 11 is 0. The zero-order valence-electron chi connectivity index (χ0n) is 14.1. The molecule has 2 aliphatic rings. The van der Waals surface area contributed by atoms with E-state index < -0.39 is 5.92 Å². The third-order valence-electron chi connectivity index (χ3n) is 4.95. The first-order chi connectivity index (χ1) is 11.0. The van der Waals surface area contributed by atoms with Crippen LogP contribution in [0.2, 0.25) is 0 Å². The Bertz CT molecular complexity index is 678. The Morgan fingerprint density at radius 2 is 2.04 bits per heavy atom. The molecule has 2 fully saturated rings. The number of carbonyl (C=O) groups is 2. The standard InChI is InChI=1S/C20H24O3/c1-4-15-8-12(2)7-13(3)18(15)19-17(21)10-16(20(19)22)9-14-5-6-23-11-14/h7-9,14,19H,4-6,10-11H2,1-3H3/b16-9+. The molecule has 1 aliphatic heterocycles. The molecular formula is C20H24O3. The molecule has 122 valence electrons. The highest BCUT2D eigenvalue weighted by atomic mass is 16.5. The van der Waals surface area contributed by atoms with E-state index in [0.717, 1.165) is 36.1 Å². The number of benzene rings is 1. The van der Waals surface area contributed by atoms with Crippen LogP contribution in [-0.4, -0.2) is 24.8 Å². The molecular weight excluding hydrogens is 288 g/mol. The molecule has 3 heteroatoms. The van der Waals surface area contributed by atoms with Crippen molar-refractivity contribution in [3.8, 4) is 0 Å². The Hall–Kier alpha value is -1.74. The molecule has 23 heavy (non-hydrogen) atoms. The summed E-state index contributed by atoms with van der Waals surface area (Å²) in [4.78, 5) is 25.5. The summed E-state index contributed by atoms with van der Waals surface area (Å²) in [6.07, 6.45) is 4.04. The first kappa shape index (κ1) is 16.1. The van der Waals surface area contributed by atoms with Crippen LogP contribution in [0.25, 0.3) is 0 Å². The third-order valence-corrected chi connectivity index (χ3v) is 4.95. The van der Waals surface area contributed by atoms with Crippen LogP contribution in [0.1, 0.15) is 47.9 Å². The molecule has 3 rings (SSSR count). The minimum Gasteiger partial charge on any atom is -0.381 e. The predicted octanol–water partition coefficient (Wildman–Crippen LogP) is 3.45. The largest absolute Gasteiger partial charge is 0.381 e. The Morgan fingerprint density at radius 1 is 1.26 bits per heavy atom. The topological polar surface area (TPSA) is 43.4 Å². The van der Waals surface area contributed by atoms with Crippen molar-refractivity contribution in [2.75, 3.05) is 13.2 Å². The van der Waals surface area contributed by atoms with Gasteiger partial charge in [0.05, 0.1) is 6.61 Å². The van der Waals surface area contributed by atoms with Crippen molar-refractivity contribution < 1.29 is 14.3 Å². The van der Waals surface area contributed by atoms with E-state index in [1.165, 1.54) is 5.56 Å². The lowest BCUT2D eigenvalue weighted by atomic mass is 9.85. The number of carbonyl (C=O) groups excluding carboxylic acids is 2. The molecule has 0 amide bonds. The number of rotatable bonds is 3. The van der Waals surface area contributed by atoms with Crippen molar-refractivity contribution in [1.29, 1.82) is 0 Å². The number of aryl methyl sites for hydroxylation is 3. The number of ether oxygens (including phenoxy) is 1. The lowest BCUT2D eigenvalue weighted by Gasteiger charge is -2.17. The molecule has 1 saturated carbocycles. The molecule has 1 aromatic carbocycles. The normalized spacial score (nSPS) is 26.5. The van der Waals surface area contributed by atoms with E-state index in [1.807, 2.05) is 13.0 Å². The van der Waals surface area contributed by atoms with Crippen LogP contribution in [0, 0.1) is 19.8 Å². The molecule has 1 heterocycles. The summed E-state index contributed by atoms with van der Waals surface area (Å²) in [6.45, 7) is 7.55. The van der Waals surface area contributed by atoms with E-state index in [9.17, 15) is 9.59 Å². The molecule has 0 radical (unpaired) electrons. The minimum absolute atomic E-state index is 0.00329. The molecule has 2 atom stereocenters. The summed E-state index contributed by atoms with van der Waals surface area (Å²) in [5.41, 5.74) is 5.00. The quantitative estimate of drug-likeness (QED) is 0.634. The van der Waals surface area contributed by atoms with Crippen molar-refractivity contribution >= 4 is 11.6 Å². The molecule has 1 saturated heterocycles. The van der Waals surface area contributed by atoms with Crippen molar-refractivity contribution in [3.05, 3.63) is 46.0 Å². The molecule has 3 nitrogen and oxygen atoms in total. The average molecular weight is 312 g/mol. The molecule has 0 spiro atoms. The lowest BCUT2D eigenvalue weighted by Crippen LogP contribution is -2.16. The highest BCUT2D eigenvalue weighted by Crippen LogP contribution is 2.37. The fourth-order valence-electron chi connectivity index (χ4n) is 3.88. The van der Waals surface area contributed by atoms with Crippen LogP contribution in [0.3, 0.4) is 0 Å². The SMILES string of the molecule is CCc1cc(C)cc(C)c1C1C(=O)C/C(=C\C2CCOC2)C1=O. The second-order valence-electron chi connectivity index (χ2n) is 6.76. The van der Waals surface area contributed by atoms with Gasteiger partial charge in [-0.25, -0.2) is 0 Å². The maximum atomic E-state index is 12.9. The summed E-state index contributed by atoms with van der Waals surface area (Å²) in [5.74, 6) is -0.269. The Balaban J connectivity index is 1.98. The van der Waals surface area contributed by atoms with Gasteiger partial charge in [0.15, 0.2) is 11.6 Å². The van der Waals surface area contributed by atoms with Gasteiger partial charge >= 0.3 is 0 Å². The van der Waals surface area contributed by atoms with E-state index in [4.69, 9.17) is 4.74 Å². The highest BCUT2D eigenvalue weighted by molar-refractivity contribution is 6.23. The van der Waals surface area contributed by atoms with Gasteiger partial charge in [-0.1, -0.05) is 30.7 Å². The van der Waals surface area contributed by atoms with E-state index in [-0.39, 0.29) is 23.9 Å². The van der Waals surface area contributed by atoms with Gasteiger partial charge in [0.2, 0.25) is 0 Å². The fraction of sp³-hybridized carbons (Fsp3) is 0.500. The van der Waals surface area contributed by atoms with Crippen molar-refractivity contribution in [1.82, 2.24) is 0 Å². The van der Waals surface area contributed by atoms with Crippen molar-refractivity contribution in [2.24, 2.45) is 5.92 Å². The van der Waals surface area contributed by atoms with Crippen molar-refractivity contribution in [2.45, 2.75) is 46.0 Å². The summed E-state index contributed by atoms with van der Waals surface area (Å²) in [5, 5.41) is 0. The van der Waals surface area contributed by atoms with Crippen LogP contribution in [-0.2, 0) is 20.7 Å². The first-order valence-corrected chi connectivity index (χ1v) is 8.46. The molecule has 1 aliphatic carbocycles. The second-order valence-corrected chi connectivity index (χ2v) is 6.76. The average Bonchev–Trinajstić information content (AvgIpc) is 3.09. The molecule has 1 aromatic rings. The van der Waals surface area contributed by atoms with Crippen molar-refractivity contribution in [3.63, 3.8) is 0 Å². The number of Topliss-reactive ketones (excluding diaryl/α,β-unsaturated/α-hetero) is 2. The van der Waals surface area contributed by atoms with Crippen LogP contribution in [0.5, 0.6) is 0 Å². The number of allylic oxidation sites excluding steroid dienone is 1. The van der Waals surface area contributed by atoms with Gasteiger partial charge in [0.1, 0.15) is 5.92 Å². The van der Waals surface area contributed by atoms with Gasteiger partial charge in [0.25, 0.3) is 0 Å². The molecule has 2 unspecified atom stereocenters. The maximum absolute atomic E-state index is 12.9. The van der Waals surface area contributed by atoms with Gasteiger partial charge in [-0.15, -0.1) is 0 Å². The summed E-state index contributed by atoms with van der Waals surface area (Å²) < 4.78 is 5.37.